The molecule has 90 valence electrons. The van der Waals surface area contributed by atoms with Gasteiger partial charge in [-0.15, -0.1) is 11.3 Å². The Labute approximate surface area is 105 Å². The number of fused-ring (bicyclic) bond motifs is 1. The van der Waals surface area contributed by atoms with Crippen molar-refractivity contribution in [2.45, 2.75) is 32.2 Å². The van der Waals surface area contributed by atoms with Crippen molar-refractivity contribution in [2.75, 3.05) is 11.1 Å². The molecule has 1 saturated carbocycles. The lowest BCUT2D eigenvalue weighted by Gasteiger charge is -2.16. The van der Waals surface area contributed by atoms with Gasteiger partial charge in [0.1, 0.15) is 5.52 Å². The lowest BCUT2D eigenvalue weighted by molar-refractivity contribution is 0.642. The Morgan fingerprint density at radius 1 is 1.53 bits per heavy atom. The number of benzene rings is 1. The summed E-state index contributed by atoms with van der Waals surface area (Å²) in [7, 11) is 0. The van der Waals surface area contributed by atoms with Crippen molar-refractivity contribution in [3.8, 4) is 0 Å². The van der Waals surface area contributed by atoms with Gasteiger partial charge in [-0.1, -0.05) is 12.8 Å². The van der Waals surface area contributed by atoms with Crippen molar-refractivity contribution in [3.05, 3.63) is 17.6 Å². The van der Waals surface area contributed by atoms with Gasteiger partial charge in [0.2, 0.25) is 0 Å². The first-order valence-electron chi connectivity index (χ1n) is 6.12. The topological polar surface area (TPSA) is 50.9 Å². The third-order valence-corrected chi connectivity index (χ3v) is 4.12. The zero-order chi connectivity index (χ0) is 11.8. The molecule has 4 heteroatoms. The van der Waals surface area contributed by atoms with Crippen LogP contribution in [0.2, 0.25) is 0 Å². The third kappa shape index (κ3) is 2.22. The third-order valence-electron chi connectivity index (χ3n) is 3.33. The van der Waals surface area contributed by atoms with E-state index in [0.717, 1.165) is 27.5 Å². The van der Waals surface area contributed by atoms with E-state index in [2.05, 4.69) is 29.4 Å². The van der Waals surface area contributed by atoms with Crippen LogP contribution in [-0.4, -0.2) is 11.0 Å². The SMILES string of the molecule is CC(CC1CC1)Nc1ccc2scnc2c1N. The Morgan fingerprint density at radius 2 is 2.35 bits per heavy atom. The number of aromatic nitrogens is 1. The van der Waals surface area contributed by atoms with E-state index in [-0.39, 0.29) is 0 Å². The van der Waals surface area contributed by atoms with E-state index in [1.54, 1.807) is 11.3 Å². The highest BCUT2D eigenvalue weighted by Crippen LogP contribution is 2.35. The maximum Gasteiger partial charge on any atom is 0.106 e. The number of nitrogen functional groups attached to an aromatic ring is 1. The summed E-state index contributed by atoms with van der Waals surface area (Å²) in [5.74, 6) is 0.932. The fourth-order valence-corrected chi connectivity index (χ4v) is 2.95. The van der Waals surface area contributed by atoms with Crippen molar-refractivity contribution in [1.29, 1.82) is 0 Å². The van der Waals surface area contributed by atoms with E-state index in [1.165, 1.54) is 19.3 Å². The van der Waals surface area contributed by atoms with E-state index in [1.807, 2.05) is 5.51 Å². The van der Waals surface area contributed by atoms with Gasteiger partial charge in [0.15, 0.2) is 0 Å². The van der Waals surface area contributed by atoms with Crippen LogP contribution in [0.15, 0.2) is 17.6 Å². The van der Waals surface area contributed by atoms with Crippen LogP contribution in [-0.2, 0) is 0 Å². The molecular formula is C13H17N3S. The van der Waals surface area contributed by atoms with E-state index in [4.69, 9.17) is 5.73 Å². The average molecular weight is 247 g/mol. The molecule has 0 bridgehead atoms. The highest BCUT2D eigenvalue weighted by molar-refractivity contribution is 7.16. The van der Waals surface area contributed by atoms with Crippen molar-refractivity contribution in [1.82, 2.24) is 4.98 Å². The smallest absolute Gasteiger partial charge is 0.106 e. The molecule has 1 aliphatic rings. The van der Waals surface area contributed by atoms with Crippen LogP contribution < -0.4 is 11.1 Å². The van der Waals surface area contributed by atoms with Gasteiger partial charge in [-0.3, -0.25) is 0 Å². The van der Waals surface area contributed by atoms with Crippen LogP contribution in [0.5, 0.6) is 0 Å². The summed E-state index contributed by atoms with van der Waals surface area (Å²) in [5, 5.41) is 3.50. The number of rotatable bonds is 4. The molecule has 3 nitrogen and oxygen atoms in total. The number of nitrogens with one attached hydrogen (secondary N) is 1. The normalized spacial score (nSPS) is 17.2. The maximum atomic E-state index is 6.14. The minimum Gasteiger partial charge on any atom is -0.395 e. The molecular weight excluding hydrogens is 230 g/mol. The molecule has 0 radical (unpaired) electrons. The molecule has 0 saturated heterocycles. The largest absolute Gasteiger partial charge is 0.395 e. The van der Waals surface area contributed by atoms with Gasteiger partial charge in [0, 0.05) is 6.04 Å². The fraction of sp³-hybridized carbons (Fsp3) is 0.462. The molecule has 2 aromatic rings. The number of hydrogen-bond acceptors (Lipinski definition) is 4. The summed E-state index contributed by atoms with van der Waals surface area (Å²) in [6.07, 6.45) is 4.04. The van der Waals surface area contributed by atoms with Gasteiger partial charge >= 0.3 is 0 Å². The number of hydrogen-bond donors (Lipinski definition) is 2. The lowest BCUT2D eigenvalue weighted by Crippen LogP contribution is -2.16. The van der Waals surface area contributed by atoms with Crippen LogP contribution >= 0.6 is 11.3 Å². The second-order valence-corrected chi connectivity index (χ2v) is 5.84. The Kier molecular flexibility index (Phi) is 2.67. The second-order valence-electron chi connectivity index (χ2n) is 4.95. The highest BCUT2D eigenvalue weighted by atomic mass is 32.1. The molecule has 1 aromatic carbocycles. The molecule has 1 atom stereocenters. The van der Waals surface area contributed by atoms with E-state index in [0.29, 0.717) is 6.04 Å². The van der Waals surface area contributed by atoms with Crippen molar-refractivity contribution in [2.24, 2.45) is 5.92 Å². The van der Waals surface area contributed by atoms with Crippen molar-refractivity contribution >= 4 is 32.9 Å². The van der Waals surface area contributed by atoms with Crippen LogP contribution in [0, 0.1) is 5.92 Å². The van der Waals surface area contributed by atoms with Gasteiger partial charge in [-0.25, -0.2) is 4.98 Å². The maximum absolute atomic E-state index is 6.14. The van der Waals surface area contributed by atoms with Gasteiger partial charge in [0.05, 0.1) is 21.6 Å². The Balaban J connectivity index is 1.81. The lowest BCUT2D eigenvalue weighted by atomic mass is 10.1. The van der Waals surface area contributed by atoms with Crippen LogP contribution in [0.1, 0.15) is 26.2 Å². The van der Waals surface area contributed by atoms with E-state index < -0.39 is 0 Å². The Bertz CT molecular complexity index is 530. The quantitative estimate of drug-likeness (QED) is 0.813. The highest BCUT2D eigenvalue weighted by Gasteiger charge is 2.23. The van der Waals surface area contributed by atoms with Crippen molar-refractivity contribution in [3.63, 3.8) is 0 Å². The molecule has 1 heterocycles. The summed E-state index contributed by atoms with van der Waals surface area (Å²) >= 11 is 1.63. The molecule has 1 aromatic heterocycles. The van der Waals surface area contributed by atoms with Crippen LogP contribution in [0.4, 0.5) is 11.4 Å². The predicted octanol–water partition coefficient (Wildman–Crippen LogP) is 3.48. The first kappa shape index (κ1) is 10.8. The first-order valence-corrected chi connectivity index (χ1v) is 7.00. The summed E-state index contributed by atoms with van der Waals surface area (Å²) < 4.78 is 1.16. The van der Waals surface area contributed by atoms with E-state index >= 15 is 0 Å². The number of thiazole rings is 1. The summed E-state index contributed by atoms with van der Waals surface area (Å²) in [4.78, 5) is 4.31. The number of nitrogens with zero attached hydrogens (tertiary/aromatic N) is 1. The molecule has 3 rings (SSSR count). The molecule has 1 fully saturated rings. The van der Waals surface area contributed by atoms with Gasteiger partial charge in [0.25, 0.3) is 0 Å². The first-order chi connectivity index (χ1) is 8.24. The fourth-order valence-electron chi connectivity index (χ4n) is 2.26. The Hall–Kier alpha value is -1.29. The number of nitrogens with two attached hydrogens (primary N) is 1. The van der Waals surface area contributed by atoms with Gasteiger partial charge in [-0.05, 0) is 31.4 Å². The van der Waals surface area contributed by atoms with E-state index in [9.17, 15) is 0 Å². The molecule has 1 aliphatic carbocycles. The summed E-state index contributed by atoms with van der Waals surface area (Å²) in [6, 6.07) is 4.65. The molecule has 0 spiro atoms. The standard InChI is InChI=1S/C13H17N3S/c1-8(6-9-2-3-9)16-10-4-5-11-13(12(10)14)15-7-17-11/h4-5,7-9,16H,2-3,6,14H2,1H3. The monoisotopic (exact) mass is 247 g/mol. The van der Waals surface area contributed by atoms with Crippen LogP contribution in [0.25, 0.3) is 10.2 Å². The molecule has 1 unspecified atom stereocenters. The minimum atomic E-state index is 0.487. The average Bonchev–Trinajstić information content (AvgIpc) is 2.97. The Morgan fingerprint density at radius 3 is 3.12 bits per heavy atom. The second kappa shape index (κ2) is 4.18. The minimum absolute atomic E-state index is 0.487. The summed E-state index contributed by atoms with van der Waals surface area (Å²) in [5.41, 5.74) is 10.7. The zero-order valence-corrected chi connectivity index (χ0v) is 10.8. The van der Waals surface area contributed by atoms with Crippen LogP contribution in [0.3, 0.4) is 0 Å². The molecule has 0 aliphatic heterocycles. The van der Waals surface area contributed by atoms with Crippen molar-refractivity contribution < 1.29 is 0 Å². The van der Waals surface area contributed by atoms with Gasteiger partial charge in [-0.2, -0.15) is 0 Å². The predicted molar refractivity (Wildman–Crippen MR) is 74.5 cm³/mol. The van der Waals surface area contributed by atoms with Gasteiger partial charge < -0.3 is 11.1 Å². The molecule has 0 amide bonds. The zero-order valence-electron chi connectivity index (χ0n) is 9.94. The number of anilines is 2. The summed E-state index contributed by atoms with van der Waals surface area (Å²) in [6.45, 7) is 2.23. The molecule has 17 heavy (non-hydrogen) atoms. The molecule has 3 N–H and O–H groups in total.